The van der Waals surface area contributed by atoms with Crippen LogP contribution in [0.3, 0.4) is 0 Å². The highest BCUT2D eigenvalue weighted by Crippen LogP contribution is 2.31. The van der Waals surface area contributed by atoms with E-state index in [-0.39, 0.29) is 18.4 Å². The molecule has 2 atom stereocenters. The Balaban J connectivity index is 0.00000180. The maximum Gasteiger partial charge on any atom is 0.214 e. The summed E-state index contributed by atoms with van der Waals surface area (Å²) in [4.78, 5) is 0. The van der Waals surface area contributed by atoms with Crippen molar-refractivity contribution in [1.29, 1.82) is 0 Å². The number of hydrogen-bond acceptors (Lipinski definition) is 3. The lowest BCUT2D eigenvalue weighted by Gasteiger charge is -2.38. The van der Waals surface area contributed by atoms with E-state index in [0.29, 0.717) is 30.7 Å². The summed E-state index contributed by atoms with van der Waals surface area (Å²) in [5, 5.41) is 0. The zero-order valence-corrected chi connectivity index (χ0v) is 13.4. The highest BCUT2D eigenvalue weighted by Gasteiger charge is 2.35. The molecular formula is C13H27ClN2O2S. The molecule has 0 aromatic carbocycles. The van der Waals surface area contributed by atoms with E-state index in [1.165, 1.54) is 19.3 Å². The van der Waals surface area contributed by atoms with E-state index in [9.17, 15) is 8.42 Å². The Morgan fingerprint density at radius 2 is 1.89 bits per heavy atom. The number of nitrogens with zero attached hydrogens (tertiary/aromatic N) is 1. The van der Waals surface area contributed by atoms with Crippen molar-refractivity contribution in [2.24, 2.45) is 17.6 Å². The molecule has 0 radical (unpaired) electrons. The number of nitrogens with two attached hydrogens (primary N) is 1. The van der Waals surface area contributed by atoms with Gasteiger partial charge in [0.25, 0.3) is 0 Å². The second-order valence-corrected chi connectivity index (χ2v) is 7.98. The van der Waals surface area contributed by atoms with Crippen LogP contribution in [-0.2, 0) is 10.0 Å². The van der Waals surface area contributed by atoms with Crippen molar-refractivity contribution in [3.05, 3.63) is 0 Å². The van der Waals surface area contributed by atoms with Gasteiger partial charge >= 0.3 is 0 Å². The lowest BCUT2D eigenvalue weighted by molar-refractivity contribution is 0.191. The van der Waals surface area contributed by atoms with Crippen LogP contribution in [0.25, 0.3) is 0 Å². The first-order valence-electron chi connectivity index (χ1n) is 7.24. The third-order valence-corrected chi connectivity index (χ3v) is 6.59. The van der Waals surface area contributed by atoms with Gasteiger partial charge in [-0.3, -0.25) is 0 Å². The molecule has 19 heavy (non-hydrogen) atoms. The summed E-state index contributed by atoms with van der Waals surface area (Å²) in [5.74, 6) is 1.36. The molecule has 0 aromatic heterocycles. The average Bonchev–Trinajstić information content (AvgIpc) is 2.26. The minimum absolute atomic E-state index is 0. The second-order valence-electron chi connectivity index (χ2n) is 5.93. The molecule has 1 saturated carbocycles. The maximum absolute atomic E-state index is 12.4. The molecule has 1 saturated heterocycles. The number of rotatable bonds is 5. The third kappa shape index (κ3) is 4.06. The van der Waals surface area contributed by atoms with E-state index < -0.39 is 10.0 Å². The van der Waals surface area contributed by atoms with Crippen LogP contribution >= 0.6 is 12.4 Å². The number of hydrogen-bond donors (Lipinski definition) is 1. The number of piperidine rings is 1. The third-order valence-electron chi connectivity index (χ3n) is 4.67. The van der Waals surface area contributed by atoms with E-state index in [2.05, 4.69) is 6.92 Å². The zero-order chi connectivity index (χ0) is 13.2. The van der Waals surface area contributed by atoms with Gasteiger partial charge in [0.05, 0.1) is 5.75 Å². The molecule has 0 amide bonds. The molecule has 6 heteroatoms. The first-order valence-corrected chi connectivity index (χ1v) is 8.85. The fourth-order valence-corrected chi connectivity index (χ4v) is 5.10. The van der Waals surface area contributed by atoms with Crippen LogP contribution in [-0.4, -0.2) is 37.6 Å². The molecule has 1 aliphatic heterocycles. The average molecular weight is 311 g/mol. The van der Waals surface area contributed by atoms with Gasteiger partial charge < -0.3 is 5.73 Å². The summed E-state index contributed by atoms with van der Waals surface area (Å²) in [6.07, 6.45) is 6.61. The van der Waals surface area contributed by atoms with Gasteiger partial charge in [0.15, 0.2) is 0 Å². The van der Waals surface area contributed by atoms with Crippen molar-refractivity contribution in [3.63, 3.8) is 0 Å². The first kappa shape index (κ1) is 17.2. The molecule has 2 aliphatic rings. The lowest BCUT2D eigenvalue weighted by Crippen LogP contribution is -2.52. The van der Waals surface area contributed by atoms with E-state index in [1.54, 1.807) is 4.31 Å². The van der Waals surface area contributed by atoms with E-state index >= 15 is 0 Å². The van der Waals surface area contributed by atoms with Crippen LogP contribution in [0.4, 0.5) is 0 Å². The monoisotopic (exact) mass is 310 g/mol. The van der Waals surface area contributed by atoms with Gasteiger partial charge in [0, 0.05) is 19.1 Å². The Morgan fingerprint density at radius 1 is 1.21 bits per heavy atom. The molecule has 0 aromatic rings. The minimum atomic E-state index is -3.10. The van der Waals surface area contributed by atoms with Crippen LogP contribution in [0.15, 0.2) is 0 Å². The number of sulfonamides is 1. The summed E-state index contributed by atoms with van der Waals surface area (Å²) < 4.78 is 26.5. The standard InChI is InChI=1S/C13H26N2O2S.ClH/c1-11-4-3-8-15(13(11)10-14)18(16,17)9-7-12-5-2-6-12;/h11-13H,2-10,14H2,1H3;1H. The first-order chi connectivity index (χ1) is 8.54. The van der Waals surface area contributed by atoms with Gasteiger partial charge in [-0.2, -0.15) is 4.31 Å². The largest absolute Gasteiger partial charge is 0.329 e. The van der Waals surface area contributed by atoms with Crippen molar-refractivity contribution in [2.75, 3.05) is 18.8 Å². The molecule has 1 aliphatic carbocycles. The molecule has 2 N–H and O–H groups in total. The van der Waals surface area contributed by atoms with Gasteiger partial charge in [-0.1, -0.05) is 26.2 Å². The van der Waals surface area contributed by atoms with Crippen molar-refractivity contribution in [2.45, 2.75) is 51.5 Å². The van der Waals surface area contributed by atoms with Crippen LogP contribution in [0.1, 0.15) is 45.4 Å². The molecule has 2 rings (SSSR count). The fourth-order valence-electron chi connectivity index (χ4n) is 3.12. The molecule has 2 unspecified atom stereocenters. The maximum atomic E-state index is 12.4. The molecule has 4 nitrogen and oxygen atoms in total. The van der Waals surface area contributed by atoms with E-state index in [1.807, 2.05) is 0 Å². The summed E-state index contributed by atoms with van der Waals surface area (Å²) in [5.41, 5.74) is 5.77. The van der Waals surface area contributed by atoms with Crippen LogP contribution in [0, 0.1) is 11.8 Å². The molecule has 0 spiro atoms. The molecule has 0 bridgehead atoms. The Labute approximate surface area is 123 Å². The SMILES string of the molecule is CC1CCCN(S(=O)(=O)CCC2CCC2)C1CN.Cl. The predicted octanol–water partition coefficient (Wildman–Crippen LogP) is 1.99. The second kappa shape index (κ2) is 7.25. The highest BCUT2D eigenvalue weighted by molar-refractivity contribution is 7.89. The van der Waals surface area contributed by atoms with Crippen LogP contribution in [0.2, 0.25) is 0 Å². The van der Waals surface area contributed by atoms with E-state index in [0.717, 1.165) is 19.3 Å². The number of halogens is 1. The molecule has 1 heterocycles. The van der Waals surface area contributed by atoms with Crippen molar-refractivity contribution in [3.8, 4) is 0 Å². The Hall–Kier alpha value is 0.160. The van der Waals surface area contributed by atoms with Crippen molar-refractivity contribution in [1.82, 2.24) is 4.31 Å². The zero-order valence-electron chi connectivity index (χ0n) is 11.8. The van der Waals surface area contributed by atoms with Crippen LogP contribution < -0.4 is 5.73 Å². The van der Waals surface area contributed by atoms with Gasteiger partial charge in [0.1, 0.15) is 0 Å². The summed E-state index contributed by atoms with van der Waals surface area (Å²) in [6.45, 7) is 3.23. The lowest BCUT2D eigenvalue weighted by atomic mass is 9.84. The van der Waals surface area contributed by atoms with Gasteiger partial charge in [0.2, 0.25) is 10.0 Å². The van der Waals surface area contributed by atoms with Crippen LogP contribution in [0.5, 0.6) is 0 Å². The van der Waals surface area contributed by atoms with E-state index in [4.69, 9.17) is 5.73 Å². The normalized spacial score (nSPS) is 29.6. The van der Waals surface area contributed by atoms with Gasteiger partial charge in [-0.15, -0.1) is 12.4 Å². The summed E-state index contributed by atoms with van der Waals surface area (Å²) in [7, 11) is -3.10. The van der Waals surface area contributed by atoms with Crippen molar-refractivity contribution < 1.29 is 8.42 Å². The van der Waals surface area contributed by atoms with Gasteiger partial charge in [-0.05, 0) is 31.1 Å². The quantitative estimate of drug-likeness (QED) is 0.844. The summed E-state index contributed by atoms with van der Waals surface area (Å²) in [6, 6.07) is 0.0186. The Kier molecular flexibility index (Phi) is 6.57. The Morgan fingerprint density at radius 3 is 2.42 bits per heavy atom. The summed E-state index contributed by atoms with van der Waals surface area (Å²) >= 11 is 0. The van der Waals surface area contributed by atoms with Gasteiger partial charge in [-0.25, -0.2) is 8.42 Å². The predicted molar refractivity (Wildman–Crippen MR) is 80.9 cm³/mol. The topological polar surface area (TPSA) is 63.4 Å². The Bertz CT molecular complexity index is 371. The highest BCUT2D eigenvalue weighted by atomic mass is 35.5. The fraction of sp³-hybridized carbons (Fsp3) is 1.00. The minimum Gasteiger partial charge on any atom is -0.329 e. The molecule has 114 valence electrons. The molecular weight excluding hydrogens is 284 g/mol. The molecule has 2 fully saturated rings. The smallest absolute Gasteiger partial charge is 0.214 e. The van der Waals surface area contributed by atoms with Crippen molar-refractivity contribution >= 4 is 22.4 Å².